The van der Waals surface area contributed by atoms with E-state index in [0.717, 1.165) is 22.6 Å². The summed E-state index contributed by atoms with van der Waals surface area (Å²) in [6, 6.07) is 9.65. The number of aromatic nitrogens is 2. The zero-order chi connectivity index (χ0) is 14.1. The Morgan fingerprint density at radius 3 is 2.40 bits per heavy atom. The fraction of sp³-hybridized carbons (Fsp3) is 0.176. The Morgan fingerprint density at radius 1 is 1.15 bits per heavy atom. The number of benzene rings is 1. The van der Waals surface area contributed by atoms with Crippen LogP contribution in [0.3, 0.4) is 0 Å². The molecule has 0 atom stereocenters. The lowest BCUT2D eigenvalue weighted by Crippen LogP contribution is -2.01. The van der Waals surface area contributed by atoms with E-state index >= 15 is 0 Å². The highest BCUT2D eigenvalue weighted by Crippen LogP contribution is 2.24. The Bertz CT molecular complexity index is 693. The largest absolute Gasteiger partial charge is 0.295 e. The number of carbonyl (C=O) groups is 1. The molecule has 0 fully saturated rings. The van der Waals surface area contributed by atoms with E-state index < -0.39 is 0 Å². The van der Waals surface area contributed by atoms with Crippen LogP contribution >= 0.6 is 0 Å². The van der Waals surface area contributed by atoms with Crippen molar-refractivity contribution in [3.63, 3.8) is 0 Å². The smallest absolute Gasteiger partial charge is 0.159 e. The highest BCUT2D eigenvalue weighted by molar-refractivity contribution is 5.94. The fourth-order valence-electron chi connectivity index (χ4n) is 2.39. The maximum atomic E-state index is 11.3. The van der Waals surface area contributed by atoms with Gasteiger partial charge in [-0.2, -0.15) is 5.10 Å². The molecule has 0 aliphatic heterocycles. The number of Topliss-reactive ketones (excluding diaryl/α,β-unsaturated/α-hetero) is 1. The van der Waals surface area contributed by atoms with Crippen molar-refractivity contribution in [2.24, 2.45) is 0 Å². The lowest BCUT2D eigenvalue weighted by molar-refractivity contribution is 0.101. The first-order valence-electron chi connectivity index (χ1n) is 6.68. The molecule has 1 aromatic carbocycles. The highest BCUT2D eigenvalue weighted by atomic mass is 16.1. The molecule has 3 nitrogen and oxygen atoms in total. The van der Waals surface area contributed by atoms with Gasteiger partial charge in [0.2, 0.25) is 0 Å². The van der Waals surface area contributed by atoms with E-state index in [2.05, 4.69) is 23.3 Å². The van der Waals surface area contributed by atoms with E-state index in [1.807, 2.05) is 48.0 Å². The van der Waals surface area contributed by atoms with E-state index in [1.165, 1.54) is 0 Å². The van der Waals surface area contributed by atoms with E-state index in [4.69, 9.17) is 0 Å². The van der Waals surface area contributed by atoms with Gasteiger partial charge in [-0.3, -0.25) is 4.79 Å². The summed E-state index contributed by atoms with van der Waals surface area (Å²) in [7, 11) is 0. The van der Waals surface area contributed by atoms with Gasteiger partial charge in [0.25, 0.3) is 0 Å². The SMILES string of the molecule is CC(=O)c1ccc(-n2nc(C3C=CC=C3)cc2C)cc1. The number of allylic oxidation sites excluding steroid dienone is 4. The third kappa shape index (κ3) is 2.23. The zero-order valence-electron chi connectivity index (χ0n) is 11.6. The molecule has 1 aliphatic carbocycles. The number of hydrogen-bond acceptors (Lipinski definition) is 2. The van der Waals surface area contributed by atoms with Crippen molar-refractivity contribution in [3.05, 3.63) is 71.6 Å². The monoisotopic (exact) mass is 264 g/mol. The van der Waals surface area contributed by atoms with Crippen molar-refractivity contribution in [1.82, 2.24) is 9.78 Å². The molecule has 0 unspecified atom stereocenters. The van der Waals surface area contributed by atoms with Gasteiger partial charge in [-0.25, -0.2) is 4.68 Å². The van der Waals surface area contributed by atoms with Crippen molar-refractivity contribution < 1.29 is 4.79 Å². The summed E-state index contributed by atoms with van der Waals surface area (Å²) >= 11 is 0. The van der Waals surface area contributed by atoms with Crippen molar-refractivity contribution in [2.75, 3.05) is 0 Å². The molecular weight excluding hydrogens is 248 g/mol. The van der Waals surface area contributed by atoms with Crippen molar-refractivity contribution in [1.29, 1.82) is 0 Å². The molecule has 0 saturated heterocycles. The van der Waals surface area contributed by atoms with Crippen LogP contribution < -0.4 is 0 Å². The Hall–Kier alpha value is -2.42. The first-order chi connectivity index (χ1) is 9.65. The molecule has 2 aromatic rings. The average molecular weight is 264 g/mol. The fourth-order valence-corrected chi connectivity index (χ4v) is 2.39. The van der Waals surface area contributed by atoms with Gasteiger partial charge < -0.3 is 0 Å². The van der Waals surface area contributed by atoms with Crippen molar-refractivity contribution in [2.45, 2.75) is 19.8 Å². The summed E-state index contributed by atoms with van der Waals surface area (Å²) < 4.78 is 1.92. The number of rotatable bonds is 3. The molecule has 3 heteroatoms. The van der Waals surface area contributed by atoms with Crippen LogP contribution in [0, 0.1) is 6.92 Å². The second kappa shape index (κ2) is 4.93. The highest BCUT2D eigenvalue weighted by Gasteiger charge is 2.13. The van der Waals surface area contributed by atoms with E-state index in [1.54, 1.807) is 6.92 Å². The topological polar surface area (TPSA) is 34.9 Å². The molecule has 1 aliphatic rings. The normalized spacial score (nSPS) is 14.1. The maximum Gasteiger partial charge on any atom is 0.159 e. The summed E-state index contributed by atoms with van der Waals surface area (Å²) in [4.78, 5) is 11.3. The van der Waals surface area contributed by atoms with Crippen LogP contribution in [0.4, 0.5) is 0 Å². The van der Waals surface area contributed by atoms with Gasteiger partial charge in [0.15, 0.2) is 5.78 Å². The minimum atomic E-state index is 0.0793. The average Bonchev–Trinajstić information content (AvgIpc) is 3.08. The summed E-state index contributed by atoms with van der Waals surface area (Å²) in [5.74, 6) is 0.349. The molecular formula is C17H16N2O. The van der Waals surface area contributed by atoms with E-state index in [9.17, 15) is 4.79 Å². The summed E-state index contributed by atoms with van der Waals surface area (Å²) in [6.07, 6.45) is 8.34. The van der Waals surface area contributed by atoms with E-state index in [-0.39, 0.29) is 11.7 Å². The lowest BCUT2D eigenvalue weighted by Gasteiger charge is -2.05. The first-order valence-corrected chi connectivity index (χ1v) is 6.68. The Balaban J connectivity index is 1.95. The quantitative estimate of drug-likeness (QED) is 0.794. The molecule has 20 heavy (non-hydrogen) atoms. The lowest BCUT2D eigenvalue weighted by atomic mass is 10.1. The predicted molar refractivity (Wildman–Crippen MR) is 79.3 cm³/mol. The van der Waals surface area contributed by atoms with Crippen molar-refractivity contribution >= 4 is 5.78 Å². The van der Waals surface area contributed by atoms with Gasteiger partial charge in [-0.1, -0.05) is 24.3 Å². The predicted octanol–water partition coefficient (Wildman–Crippen LogP) is 3.59. The summed E-state index contributed by atoms with van der Waals surface area (Å²) in [5, 5.41) is 4.67. The van der Waals surface area contributed by atoms with Crippen LogP contribution in [0.2, 0.25) is 0 Å². The van der Waals surface area contributed by atoms with Crippen LogP contribution in [-0.4, -0.2) is 15.6 Å². The summed E-state index contributed by atoms with van der Waals surface area (Å²) in [6.45, 7) is 3.61. The Labute approximate surface area is 118 Å². The third-order valence-electron chi connectivity index (χ3n) is 3.51. The van der Waals surface area contributed by atoms with Gasteiger partial charge in [0.05, 0.1) is 11.4 Å². The standard InChI is InChI=1S/C17H16N2O/c1-12-11-17(15-5-3-4-6-15)18-19(12)16-9-7-14(8-10-16)13(2)20/h3-11,15H,1-2H3. The van der Waals surface area contributed by atoms with Crippen LogP contribution in [0.5, 0.6) is 0 Å². The number of ketones is 1. The van der Waals surface area contributed by atoms with Gasteiger partial charge in [0, 0.05) is 17.2 Å². The molecule has 3 rings (SSSR count). The molecule has 0 saturated carbocycles. The molecule has 0 spiro atoms. The molecule has 1 aromatic heterocycles. The van der Waals surface area contributed by atoms with Gasteiger partial charge in [-0.15, -0.1) is 0 Å². The second-order valence-corrected chi connectivity index (χ2v) is 5.02. The minimum Gasteiger partial charge on any atom is -0.295 e. The van der Waals surface area contributed by atoms with E-state index in [0.29, 0.717) is 0 Å². The van der Waals surface area contributed by atoms with Crippen LogP contribution in [0.15, 0.2) is 54.6 Å². The van der Waals surface area contributed by atoms with Gasteiger partial charge in [-0.05, 0) is 44.2 Å². The number of nitrogens with zero attached hydrogens (tertiary/aromatic N) is 2. The van der Waals surface area contributed by atoms with Crippen molar-refractivity contribution in [3.8, 4) is 5.69 Å². The van der Waals surface area contributed by atoms with Crippen LogP contribution in [0.1, 0.15) is 34.6 Å². The molecule has 0 N–H and O–H groups in total. The molecule has 100 valence electrons. The second-order valence-electron chi connectivity index (χ2n) is 5.02. The molecule has 0 amide bonds. The van der Waals surface area contributed by atoms with Gasteiger partial charge in [0.1, 0.15) is 0 Å². The maximum absolute atomic E-state index is 11.3. The van der Waals surface area contributed by atoms with Crippen LogP contribution in [-0.2, 0) is 0 Å². The van der Waals surface area contributed by atoms with Gasteiger partial charge >= 0.3 is 0 Å². The Kier molecular flexibility index (Phi) is 3.11. The number of hydrogen-bond donors (Lipinski definition) is 0. The molecule has 1 heterocycles. The number of aryl methyl sites for hydroxylation is 1. The minimum absolute atomic E-state index is 0.0793. The number of carbonyl (C=O) groups excluding carboxylic acids is 1. The first kappa shape index (κ1) is 12.6. The zero-order valence-corrected chi connectivity index (χ0v) is 11.6. The molecule has 0 radical (unpaired) electrons. The molecule has 0 bridgehead atoms. The van der Waals surface area contributed by atoms with Crippen LogP contribution in [0.25, 0.3) is 5.69 Å². The third-order valence-corrected chi connectivity index (χ3v) is 3.51. The summed E-state index contributed by atoms with van der Waals surface area (Å²) in [5.41, 5.74) is 3.83. The Morgan fingerprint density at radius 2 is 1.80 bits per heavy atom.